The second-order valence-corrected chi connectivity index (χ2v) is 7.61. The highest BCUT2D eigenvalue weighted by atomic mass is 35.5. The van der Waals surface area contributed by atoms with Crippen molar-refractivity contribution in [2.24, 2.45) is 0 Å². The zero-order valence-electron chi connectivity index (χ0n) is 16.3. The zero-order chi connectivity index (χ0) is 22.2. The fourth-order valence-corrected chi connectivity index (χ4v) is 3.76. The van der Waals surface area contributed by atoms with Crippen LogP contribution in [0.15, 0.2) is 36.5 Å². The van der Waals surface area contributed by atoms with E-state index in [2.05, 4.69) is 25.8 Å². The monoisotopic (exact) mass is 449 g/mol. The summed E-state index contributed by atoms with van der Waals surface area (Å²) in [6.45, 7) is -0.759. The SMILES string of the molecule is CNC(=O)c1cn(C[C@@H]2CC(F)(F)CN2C(=O)c2cc(-c3ccccc3Cl)n[nH]2)nn1. The van der Waals surface area contributed by atoms with E-state index in [9.17, 15) is 18.4 Å². The molecule has 0 saturated carbocycles. The zero-order valence-corrected chi connectivity index (χ0v) is 17.1. The van der Waals surface area contributed by atoms with Crippen LogP contribution in [0.25, 0.3) is 11.3 Å². The number of aromatic amines is 1. The average Bonchev–Trinajstić information content (AvgIpc) is 3.46. The predicted molar refractivity (Wildman–Crippen MR) is 107 cm³/mol. The van der Waals surface area contributed by atoms with Crippen LogP contribution in [-0.2, 0) is 6.54 Å². The Morgan fingerprint density at radius 3 is 2.87 bits per heavy atom. The van der Waals surface area contributed by atoms with E-state index in [4.69, 9.17) is 11.6 Å². The van der Waals surface area contributed by atoms with Gasteiger partial charge in [-0.05, 0) is 12.1 Å². The van der Waals surface area contributed by atoms with Gasteiger partial charge in [-0.3, -0.25) is 14.7 Å². The van der Waals surface area contributed by atoms with Crippen LogP contribution in [0.4, 0.5) is 8.78 Å². The Morgan fingerprint density at radius 2 is 2.13 bits per heavy atom. The number of aromatic nitrogens is 5. The first kappa shape index (κ1) is 20.9. The molecule has 31 heavy (non-hydrogen) atoms. The number of likely N-dealkylation sites (tertiary alicyclic amines) is 1. The van der Waals surface area contributed by atoms with Crippen LogP contribution < -0.4 is 5.32 Å². The highest BCUT2D eigenvalue weighted by Crippen LogP contribution is 2.34. The molecule has 162 valence electrons. The van der Waals surface area contributed by atoms with Gasteiger partial charge in [-0.15, -0.1) is 5.10 Å². The van der Waals surface area contributed by atoms with E-state index in [-0.39, 0.29) is 17.9 Å². The summed E-state index contributed by atoms with van der Waals surface area (Å²) in [6, 6.07) is 7.62. The second kappa shape index (κ2) is 8.06. The summed E-state index contributed by atoms with van der Waals surface area (Å²) in [4.78, 5) is 25.7. The lowest BCUT2D eigenvalue weighted by molar-refractivity contribution is 0.0116. The van der Waals surface area contributed by atoms with E-state index in [1.807, 2.05) is 0 Å². The molecule has 12 heteroatoms. The number of hydrogen-bond donors (Lipinski definition) is 2. The topological polar surface area (TPSA) is 109 Å². The van der Waals surface area contributed by atoms with Gasteiger partial charge < -0.3 is 10.2 Å². The van der Waals surface area contributed by atoms with Crippen molar-refractivity contribution in [3.8, 4) is 11.3 Å². The minimum atomic E-state index is -3.05. The third kappa shape index (κ3) is 4.26. The maximum absolute atomic E-state index is 14.2. The summed E-state index contributed by atoms with van der Waals surface area (Å²) in [5, 5.41) is 17.1. The Bertz CT molecular complexity index is 1130. The van der Waals surface area contributed by atoms with Gasteiger partial charge >= 0.3 is 0 Å². The quantitative estimate of drug-likeness (QED) is 0.621. The van der Waals surface area contributed by atoms with Crippen molar-refractivity contribution in [2.45, 2.75) is 24.9 Å². The van der Waals surface area contributed by atoms with E-state index in [1.165, 1.54) is 24.0 Å². The molecule has 1 atom stereocenters. The first-order valence-electron chi connectivity index (χ1n) is 9.39. The molecule has 0 unspecified atom stereocenters. The molecule has 1 fully saturated rings. The first-order chi connectivity index (χ1) is 14.8. The summed E-state index contributed by atoms with van der Waals surface area (Å²) < 4.78 is 29.7. The number of nitrogens with zero attached hydrogens (tertiary/aromatic N) is 5. The van der Waals surface area contributed by atoms with Gasteiger partial charge in [0.15, 0.2) is 5.69 Å². The molecule has 1 saturated heterocycles. The Morgan fingerprint density at radius 1 is 1.35 bits per heavy atom. The Kier molecular flexibility index (Phi) is 5.44. The van der Waals surface area contributed by atoms with Crippen molar-refractivity contribution < 1.29 is 18.4 Å². The highest BCUT2D eigenvalue weighted by Gasteiger charge is 2.47. The molecule has 3 aromatic rings. The van der Waals surface area contributed by atoms with Crippen LogP contribution in [0.3, 0.4) is 0 Å². The Labute approximate surface area is 180 Å². The van der Waals surface area contributed by atoms with Gasteiger partial charge in [-0.2, -0.15) is 5.10 Å². The molecule has 1 aliphatic rings. The molecular formula is C19H18ClF2N7O2. The van der Waals surface area contributed by atoms with E-state index in [0.717, 1.165) is 4.90 Å². The second-order valence-electron chi connectivity index (χ2n) is 7.20. The highest BCUT2D eigenvalue weighted by molar-refractivity contribution is 6.33. The lowest BCUT2D eigenvalue weighted by atomic mass is 10.1. The number of rotatable bonds is 5. The summed E-state index contributed by atoms with van der Waals surface area (Å²) >= 11 is 6.17. The van der Waals surface area contributed by atoms with Crippen molar-refractivity contribution in [1.82, 2.24) is 35.4 Å². The standard InChI is InChI=1S/C19H18ClF2N7O2/c1-23-17(30)16-9-28(27-26-16)8-11-7-19(21,22)10-29(11)18(31)15-6-14(24-25-15)12-4-2-3-5-13(12)20/h2-6,9,11H,7-8,10H2,1H3,(H,23,30)(H,24,25)/t11-/m0/s1. The largest absolute Gasteiger partial charge is 0.354 e. The molecule has 4 rings (SSSR count). The van der Waals surface area contributed by atoms with Crippen molar-refractivity contribution in [3.05, 3.63) is 52.9 Å². The number of hydrogen-bond acceptors (Lipinski definition) is 5. The Balaban J connectivity index is 1.55. The number of amides is 2. The molecule has 2 aromatic heterocycles. The normalized spacial score (nSPS) is 17.7. The fourth-order valence-electron chi connectivity index (χ4n) is 3.53. The number of benzene rings is 1. The van der Waals surface area contributed by atoms with E-state index in [1.54, 1.807) is 24.3 Å². The first-order valence-corrected chi connectivity index (χ1v) is 9.76. The number of carbonyl (C=O) groups excluding carboxylic acids is 2. The lowest BCUT2D eigenvalue weighted by Crippen LogP contribution is -2.39. The van der Waals surface area contributed by atoms with Crippen LogP contribution >= 0.6 is 11.6 Å². The number of halogens is 3. The van der Waals surface area contributed by atoms with Gasteiger partial charge in [-0.1, -0.05) is 35.0 Å². The molecule has 1 aromatic carbocycles. The summed E-state index contributed by atoms with van der Waals surface area (Å²) in [7, 11) is 1.44. The number of H-pyrrole nitrogens is 1. The van der Waals surface area contributed by atoms with Crippen LogP contribution in [0.2, 0.25) is 5.02 Å². The fraction of sp³-hybridized carbons (Fsp3) is 0.316. The van der Waals surface area contributed by atoms with Gasteiger partial charge in [0, 0.05) is 19.0 Å². The maximum Gasteiger partial charge on any atom is 0.273 e. The molecule has 0 bridgehead atoms. The summed E-state index contributed by atoms with van der Waals surface area (Å²) in [6.07, 6.45) is 0.822. The van der Waals surface area contributed by atoms with Gasteiger partial charge in [0.1, 0.15) is 5.69 Å². The van der Waals surface area contributed by atoms with Crippen LogP contribution in [0.5, 0.6) is 0 Å². The van der Waals surface area contributed by atoms with E-state index in [0.29, 0.717) is 16.3 Å². The minimum absolute atomic E-state index is 0.0309. The van der Waals surface area contributed by atoms with Crippen molar-refractivity contribution in [1.29, 1.82) is 0 Å². The van der Waals surface area contributed by atoms with Gasteiger partial charge in [0.25, 0.3) is 17.7 Å². The number of alkyl halides is 2. The third-order valence-electron chi connectivity index (χ3n) is 4.99. The molecular weight excluding hydrogens is 432 g/mol. The van der Waals surface area contributed by atoms with Crippen molar-refractivity contribution >= 4 is 23.4 Å². The Hall–Kier alpha value is -3.34. The minimum Gasteiger partial charge on any atom is -0.354 e. The molecule has 2 amide bonds. The van der Waals surface area contributed by atoms with E-state index < -0.39 is 36.7 Å². The maximum atomic E-state index is 14.2. The smallest absolute Gasteiger partial charge is 0.273 e. The molecule has 3 heterocycles. The molecule has 0 radical (unpaired) electrons. The molecule has 2 N–H and O–H groups in total. The van der Waals surface area contributed by atoms with Crippen molar-refractivity contribution in [3.63, 3.8) is 0 Å². The molecule has 1 aliphatic heterocycles. The van der Waals surface area contributed by atoms with Gasteiger partial charge in [-0.25, -0.2) is 13.5 Å². The lowest BCUT2D eigenvalue weighted by Gasteiger charge is -2.22. The van der Waals surface area contributed by atoms with E-state index >= 15 is 0 Å². The summed E-state index contributed by atoms with van der Waals surface area (Å²) in [5.41, 5.74) is 1.18. The van der Waals surface area contributed by atoms with Gasteiger partial charge in [0.05, 0.1) is 36.0 Å². The number of nitrogens with one attached hydrogen (secondary N) is 2. The number of carbonyl (C=O) groups is 2. The third-order valence-corrected chi connectivity index (χ3v) is 5.32. The van der Waals surface area contributed by atoms with Crippen molar-refractivity contribution in [2.75, 3.05) is 13.6 Å². The van der Waals surface area contributed by atoms with Crippen LogP contribution in [-0.4, -0.2) is 67.5 Å². The summed E-state index contributed by atoms with van der Waals surface area (Å²) in [5.74, 6) is -4.10. The van der Waals surface area contributed by atoms with Crippen LogP contribution in [0, 0.1) is 0 Å². The van der Waals surface area contributed by atoms with Crippen LogP contribution in [0.1, 0.15) is 27.4 Å². The molecule has 9 nitrogen and oxygen atoms in total. The average molecular weight is 450 g/mol. The predicted octanol–water partition coefficient (Wildman–Crippen LogP) is 2.23. The molecule has 0 aliphatic carbocycles. The van der Waals surface area contributed by atoms with Gasteiger partial charge in [0.2, 0.25) is 0 Å². The molecule has 0 spiro atoms.